The number of amides is 1. The van der Waals surface area contributed by atoms with Gasteiger partial charge in [0.05, 0.1) is 5.75 Å². The van der Waals surface area contributed by atoms with Crippen LogP contribution in [0.25, 0.3) is 10.1 Å². The van der Waals surface area contributed by atoms with Gasteiger partial charge in [0.1, 0.15) is 6.04 Å². The van der Waals surface area contributed by atoms with Crippen LogP contribution in [0.5, 0.6) is 0 Å². The normalized spacial score (nSPS) is 12.8. The summed E-state index contributed by atoms with van der Waals surface area (Å²) in [6, 6.07) is 14.5. The second kappa shape index (κ2) is 7.32. The fourth-order valence-corrected chi connectivity index (χ4v) is 4.67. The van der Waals surface area contributed by atoms with Crippen molar-refractivity contribution in [2.45, 2.75) is 11.8 Å². The lowest BCUT2D eigenvalue weighted by Gasteiger charge is -2.17. The maximum atomic E-state index is 12.5. The van der Waals surface area contributed by atoms with Gasteiger partial charge < -0.3 is 0 Å². The van der Waals surface area contributed by atoms with Gasteiger partial charge in [-0.05, 0) is 34.0 Å². The fourth-order valence-electron chi connectivity index (χ4n) is 2.51. The summed E-state index contributed by atoms with van der Waals surface area (Å²) in [6.45, 7) is 0. The molecule has 0 saturated carbocycles. The van der Waals surface area contributed by atoms with E-state index < -0.39 is 22.0 Å². The highest BCUT2D eigenvalue weighted by Crippen LogP contribution is 2.23. The van der Waals surface area contributed by atoms with Crippen LogP contribution in [-0.4, -0.2) is 19.5 Å². The Balaban J connectivity index is 1.83. The Morgan fingerprint density at radius 1 is 1.12 bits per heavy atom. The fraction of sp³-hybridized carbons (Fsp3) is 0.118. The maximum Gasteiger partial charge on any atom is 0.266 e. The van der Waals surface area contributed by atoms with Crippen LogP contribution < -0.4 is 10.2 Å². The number of hydroxylamine groups is 1. The number of nitrogens with one attached hydrogen (secondary N) is 2. The van der Waals surface area contributed by atoms with E-state index in [2.05, 4.69) is 4.72 Å². The summed E-state index contributed by atoms with van der Waals surface area (Å²) in [4.78, 5) is 11.9. The standard InChI is InChI=1S/C17H16N2O4S2/c20-17(18-21)16(14-4-2-1-3-5-14)19-25(22,23)11-12-6-7-13-8-9-24-15(13)10-12/h1-10,16,19,21H,11H2,(H,18,20). The van der Waals surface area contributed by atoms with Gasteiger partial charge in [-0.2, -0.15) is 4.72 Å². The molecule has 1 atom stereocenters. The van der Waals surface area contributed by atoms with Crippen LogP contribution in [0.1, 0.15) is 17.2 Å². The van der Waals surface area contributed by atoms with E-state index in [0.717, 1.165) is 10.1 Å². The SMILES string of the molecule is O=C(NO)C(NS(=O)(=O)Cc1ccc2ccsc2c1)c1ccccc1. The van der Waals surface area contributed by atoms with Crippen LogP contribution in [0.3, 0.4) is 0 Å². The molecule has 1 heterocycles. The van der Waals surface area contributed by atoms with Gasteiger partial charge in [0.15, 0.2) is 0 Å². The molecule has 0 aliphatic heterocycles. The molecule has 3 aromatic rings. The van der Waals surface area contributed by atoms with E-state index in [-0.39, 0.29) is 5.75 Å². The third-order valence-electron chi connectivity index (χ3n) is 3.68. The topological polar surface area (TPSA) is 95.5 Å². The first-order chi connectivity index (χ1) is 12.0. The molecule has 0 radical (unpaired) electrons. The van der Waals surface area contributed by atoms with Gasteiger partial charge in [0, 0.05) is 4.70 Å². The molecule has 3 N–H and O–H groups in total. The largest absolute Gasteiger partial charge is 0.289 e. The first kappa shape index (κ1) is 17.6. The molecule has 0 aliphatic rings. The van der Waals surface area contributed by atoms with Gasteiger partial charge in [0.2, 0.25) is 10.0 Å². The maximum absolute atomic E-state index is 12.5. The van der Waals surface area contributed by atoms with E-state index in [1.165, 1.54) is 16.8 Å². The summed E-state index contributed by atoms with van der Waals surface area (Å²) in [6.07, 6.45) is 0. The molecule has 0 spiro atoms. The second-order valence-corrected chi connectivity index (χ2v) is 8.19. The van der Waals surface area contributed by atoms with Gasteiger partial charge >= 0.3 is 0 Å². The molecule has 0 aliphatic carbocycles. The molecule has 2 aromatic carbocycles. The molecular formula is C17H16N2O4S2. The quantitative estimate of drug-likeness (QED) is 0.455. The van der Waals surface area contributed by atoms with E-state index in [9.17, 15) is 13.2 Å². The predicted molar refractivity (Wildman–Crippen MR) is 96.7 cm³/mol. The smallest absolute Gasteiger partial charge is 0.266 e. The number of hydrogen-bond donors (Lipinski definition) is 3. The van der Waals surface area contributed by atoms with Crippen molar-refractivity contribution in [1.29, 1.82) is 0 Å². The van der Waals surface area contributed by atoms with Crippen molar-refractivity contribution in [3.8, 4) is 0 Å². The lowest BCUT2D eigenvalue weighted by atomic mass is 10.1. The molecule has 6 nitrogen and oxygen atoms in total. The summed E-state index contributed by atoms with van der Waals surface area (Å²) in [5.74, 6) is -1.11. The predicted octanol–water partition coefficient (Wildman–Crippen LogP) is 2.57. The van der Waals surface area contributed by atoms with Crippen LogP contribution in [0, 0.1) is 0 Å². The Bertz CT molecular complexity index is 984. The summed E-state index contributed by atoms with van der Waals surface area (Å²) in [7, 11) is -3.81. The van der Waals surface area contributed by atoms with Gasteiger partial charge in [-0.15, -0.1) is 11.3 Å². The molecular weight excluding hydrogens is 360 g/mol. The minimum Gasteiger partial charge on any atom is -0.289 e. The minimum atomic E-state index is -3.81. The van der Waals surface area contributed by atoms with Crippen molar-refractivity contribution >= 4 is 37.4 Å². The van der Waals surface area contributed by atoms with E-state index in [1.807, 2.05) is 23.6 Å². The van der Waals surface area contributed by atoms with E-state index in [4.69, 9.17) is 5.21 Å². The lowest BCUT2D eigenvalue weighted by molar-refractivity contribution is -0.131. The summed E-state index contributed by atoms with van der Waals surface area (Å²) in [5, 5.41) is 11.9. The first-order valence-electron chi connectivity index (χ1n) is 7.43. The zero-order valence-corrected chi connectivity index (χ0v) is 14.7. The third kappa shape index (κ3) is 4.23. The number of fused-ring (bicyclic) bond motifs is 1. The summed E-state index contributed by atoms with van der Waals surface area (Å²) in [5.41, 5.74) is 2.57. The number of carbonyl (C=O) groups excluding carboxylic acids is 1. The number of thiophene rings is 1. The minimum absolute atomic E-state index is 0.261. The van der Waals surface area contributed by atoms with Crippen LogP contribution in [0.2, 0.25) is 0 Å². The highest BCUT2D eigenvalue weighted by molar-refractivity contribution is 7.88. The zero-order valence-electron chi connectivity index (χ0n) is 13.0. The molecule has 0 saturated heterocycles. The highest BCUT2D eigenvalue weighted by Gasteiger charge is 2.26. The van der Waals surface area contributed by atoms with Crippen molar-refractivity contribution in [2.75, 3.05) is 0 Å². The number of carbonyl (C=O) groups is 1. The molecule has 8 heteroatoms. The first-order valence-corrected chi connectivity index (χ1v) is 9.97. The Hall–Kier alpha value is -2.26. The summed E-state index contributed by atoms with van der Waals surface area (Å²) < 4.78 is 28.4. The third-order valence-corrected chi connectivity index (χ3v) is 5.87. The molecule has 1 unspecified atom stereocenters. The summed E-state index contributed by atoms with van der Waals surface area (Å²) >= 11 is 1.53. The number of hydrogen-bond acceptors (Lipinski definition) is 5. The Labute approximate surface area is 149 Å². The lowest BCUT2D eigenvalue weighted by Crippen LogP contribution is -2.39. The van der Waals surface area contributed by atoms with Gasteiger partial charge in [-0.1, -0.05) is 42.5 Å². The van der Waals surface area contributed by atoms with Crippen molar-refractivity contribution in [1.82, 2.24) is 10.2 Å². The Kier molecular flexibility index (Phi) is 5.14. The Morgan fingerprint density at radius 3 is 2.60 bits per heavy atom. The van der Waals surface area contributed by atoms with Crippen molar-refractivity contribution in [3.63, 3.8) is 0 Å². The molecule has 3 rings (SSSR count). The molecule has 0 bridgehead atoms. The van der Waals surface area contributed by atoms with Crippen molar-refractivity contribution in [2.24, 2.45) is 0 Å². The molecule has 1 aromatic heterocycles. The van der Waals surface area contributed by atoms with E-state index in [1.54, 1.807) is 36.4 Å². The van der Waals surface area contributed by atoms with E-state index in [0.29, 0.717) is 11.1 Å². The number of rotatable bonds is 6. The van der Waals surface area contributed by atoms with Crippen LogP contribution >= 0.6 is 11.3 Å². The molecule has 0 fully saturated rings. The molecule has 1 amide bonds. The van der Waals surface area contributed by atoms with Gasteiger partial charge in [0.25, 0.3) is 5.91 Å². The van der Waals surface area contributed by atoms with Crippen molar-refractivity contribution in [3.05, 3.63) is 71.1 Å². The highest BCUT2D eigenvalue weighted by atomic mass is 32.2. The van der Waals surface area contributed by atoms with E-state index >= 15 is 0 Å². The zero-order chi connectivity index (χ0) is 17.9. The van der Waals surface area contributed by atoms with Gasteiger partial charge in [-0.3, -0.25) is 10.0 Å². The average Bonchev–Trinajstić information content (AvgIpc) is 3.07. The van der Waals surface area contributed by atoms with Crippen molar-refractivity contribution < 1.29 is 18.4 Å². The second-order valence-electron chi connectivity index (χ2n) is 5.49. The number of sulfonamides is 1. The van der Waals surface area contributed by atoms with Crippen LogP contribution in [0.4, 0.5) is 0 Å². The molecule has 130 valence electrons. The average molecular weight is 376 g/mol. The molecule has 25 heavy (non-hydrogen) atoms. The monoisotopic (exact) mass is 376 g/mol. The van der Waals surface area contributed by atoms with Crippen LogP contribution in [-0.2, 0) is 20.6 Å². The Morgan fingerprint density at radius 2 is 1.88 bits per heavy atom. The number of benzene rings is 2. The van der Waals surface area contributed by atoms with Crippen LogP contribution in [0.15, 0.2) is 60.0 Å². The van der Waals surface area contributed by atoms with Gasteiger partial charge in [-0.25, -0.2) is 13.9 Å².